The summed E-state index contributed by atoms with van der Waals surface area (Å²) >= 11 is 0. The lowest BCUT2D eigenvalue weighted by Gasteiger charge is -2.06. The van der Waals surface area contributed by atoms with Crippen molar-refractivity contribution in [1.29, 1.82) is 0 Å². The first-order valence-electron chi connectivity index (χ1n) is 5.09. The van der Waals surface area contributed by atoms with E-state index >= 15 is 0 Å². The molecule has 1 aromatic heterocycles. The first-order valence-corrected chi connectivity index (χ1v) is 5.09. The van der Waals surface area contributed by atoms with E-state index in [1.807, 2.05) is 0 Å². The summed E-state index contributed by atoms with van der Waals surface area (Å²) in [4.78, 5) is 27.2. The predicted molar refractivity (Wildman–Crippen MR) is 62.6 cm³/mol. The van der Waals surface area contributed by atoms with E-state index in [1.165, 1.54) is 0 Å². The third-order valence-electron chi connectivity index (χ3n) is 2.25. The topological polar surface area (TPSA) is 84.2 Å². The third kappa shape index (κ3) is 2.54. The number of ether oxygens (including phenoxy) is 2. The number of hydrogen-bond donors (Lipinski definition) is 2. The van der Waals surface area contributed by atoms with Gasteiger partial charge in [-0.15, -0.1) is 0 Å². The fourth-order valence-electron chi connectivity index (χ4n) is 1.43. The van der Waals surface area contributed by atoms with Gasteiger partial charge in [0.15, 0.2) is 0 Å². The largest absolute Gasteiger partial charge is 0.491 e. The molecule has 0 aliphatic carbocycles. The minimum absolute atomic E-state index is 0.426. The summed E-state index contributed by atoms with van der Waals surface area (Å²) in [5.41, 5.74) is -0.240. The summed E-state index contributed by atoms with van der Waals surface area (Å²) in [7, 11) is 1.59. The molecule has 6 heteroatoms. The van der Waals surface area contributed by atoms with E-state index in [-0.39, 0.29) is 0 Å². The van der Waals surface area contributed by atoms with Gasteiger partial charge in [-0.25, -0.2) is 0 Å². The van der Waals surface area contributed by atoms with Gasteiger partial charge in [-0.1, -0.05) is 0 Å². The van der Waals surface area contributed by atoms with Crippen molar-refractivity contribution in [2.45, 2.75) is 0 Å². The van der Waals surface area contributed by atoms with Crippen LogP contribution in [0.25, 0.3) is 11.0 Å². The van der Waals surface area contributed by atoms with Gasteiger partial charge in [0.1, 0.15) is 12.4 Å². The summed E-state index contributed by atoms with van der Waals surface area (Å²) in [6.45, 7) is 0.912. The standard InChI is InChI=1S/C11H12N2O4/c1-16-4-5-17-7-2-3-8-9(6-7)13-11(15)10(14)12-8/h2-3,6H,4-5H2,1H3,(H,12,14)(H,13,15). The van der Waals surface area contributed by atoms with E-state index < -0.39 is 11.1 Å². The second-order valence-electron chi connectivity index (χ2n) is 3.46. The van der Waals surface area contributed by atoms with Gasteiger partial charge < -0.3 is 19.4 Å². The quantitative estimate of drug-likeness (QED) is 0.588. The molecular formula is C11H12N2O4. The highest BCUT2D eigenvalue weighted by atomic mass is 16.5. The van der Waals surface area contributed by atoms with Crippen LogP contribution in [0.5, 0.6) is 5.75 Å². The molecule has 0 saturated heterocycles. The molecule has 0 aliphatic rings. The number of rotatable bonds is 4. The first kappa shape index (κ1) is 11.4. The fraction of sp³-hybridized carbons (Fsp3) is 0.273. The molecule has 0 unspecified atom stereocenters. The van der Waals surface area contributed by atoms with Crippen LogP contribution in [-0.2, 0) is 4.74 Å². The van der Waals surface area contributed by atoms with E-state index in [9.17, 15) is 9.59 Å². The van der Waals surface area contributed by atoms with E-state index in [2.05, 4.69) is 9.97 Å². The average molecular weight is 236 g/mol. The number of nitrogens with one attached hydrogen (secondary N) is 2. The lowest BCUT2D eigenvalue weighted by atomic mass is 10.3. The number of aromatic nitrogens is 2. The molecule has 0 bridgehead atoms. The Morgan fingerprint density at radius 2 is 1.76 bits per heavy atom. The normalized spacial score (nSPS) is 10.6. The summed E-state index contributed by atoms with van der Waals surface area (Å²) in [5, 5.41) is 0. The van der Waals surface area contributed by atoms with Crippen molar-refractivity contribution in [3.05, 3.63) is 38.9 Å². The highest BCUT2D eigenvalue weighted by Gasteiger charge is 2.01. The fourth-order valence-corrected chi connectivity index (χ4v) is 1.43. The van der Waals surface area contributed by atoms with E-state index in [4.69, 9.17) is 9.47 Å². The van der Waals surface area contributed by atoms with Crippen LogP contribution in [0.4, 0.5) is 0 Å². The second kappa shape index (κ2) is 4.84. The van der Waals surface area contributed by atoms with Crippen LogP contribution in [0.1, 0.15) is 0 Å². The highest BCUT2D eigenvalue weighted by molar-refractivity contribution is 5.75. The van der Waals surface area contributed by atoms with Crippen molar-refractivity contribution >= 4 is 11.0 Å². The molecule has 17 heavy (non-hydrogen) atoms. The van der Waals surface area contributed by atoms with Gasteiger partial charge in [0.05, 0.1) is 17.6 Å². The van der Waals surface area contributed by atoms with Crippen LogP contribution in [0, 0.1) is 0 Å². The van der Waals surface area contributed by atoms with Crippen LogP contribution in [0.3, 0.4) is 0 Å². The molecule has 1 heterocycles. The van der Waals surface area contributed by atoms with Crippen molar-refractivity contribution in [2.24, 2.45) is 0 Å². The lowest BCUT2D eigenvalue weighted by molar-refractivity contribution is 0.146. The molecule has 6 nitrogen and oxygen atoms in total. The Morgan fingerprint density at radius 1 is 1.06 bits per heavy atom. The van der Waals surface area contributed by atoms with E-state index in [0.717, 1.165) is 0 Å². The first-order chi connectivity index (χ1) is 8.20. The SMILES string of the molecule is COCCOc1ccc2[nH]c(=O)c(=O)[nH]c2c1. The zero-order valence-electron chi connectivity index (χ0n) is 9.28. The number of aromatic amines is 2. The molecule has 2 N–H and O–H groups in total. The third-order valence-corrected chi connectivity index (χ3v) is 2.25. The zero-order chi connectivity index (χ0) is 12.3. The van der Waals surface area contributed by atoms with Gasteiger partial charge in [0.2, 0.25) is 0 Å². The highest BCUT2D eigenvalue weighted by Crippen LogP contribution is 2.15. The average Bonchev–Trinajstić information content (AvgIpc) is 2.31. The molecule has 0 amide bonds. The molecule has 2 aromatic rings. The molecule has 0 saturated carbocycles. The van der Waals surface area contributed by atoms with Gasteiger partial charge in [0, 0.05) is 13.2 Å². The Hall–Kier alpha value is -2.08. The number of methoxy groups -OCH3 is 1. The number of H-pyrrole nitrogens is 2. The van der Waals surface area contributed by atoms with Crippen molar-refractivity contribution in [3.8, 4) is 5.75 Å². The van der Waals surface area contributed by atoms with Crippen molar-refractivity contribution in [2.75, 3.05) is 20.3 Å². The van der Waals surface area contributed by atoms with Crippen LogP contribution in [0.2, 0.25) is 0 Å². The minimum atomic E-state index is -0.674. The summed E-state index contributed by atoms with van der Waals surface area (Å²) in [5.74, 6) is 0.609. The van der Waals surface area contributed by atoms with Crippen LogP contribution in [0.15, 0.2) is 27.8 Å². The Labute approximate surface area is 96.2 Å². The maximum atomic E-state index is 11.1. The lowest BCUT2D eigenvalue weighted by Crippen LogP contribution is -2.28. The predicted octanol–water partition coefficient (Wildman–Crippen LogP) is 0.242. The monoisotopic (exact) mass is 236 g/mol. The molecule has 0 spiro atoms. The van der Waals surface area contributed by atoms with Crippen molar-refractivity contribution in [3.63, 3.8) is 0 Å². The number of benzene rings is 1. The number of fused-ring (bicyclic) bond motifs is 1. The summed E-state index contributed by atoms with van der Waals surface area (Å²) < 4.78 is 10.2. The Bertz CT molecular complexity index is 629. The van der Waals surface area contributed by atoms with E-state index in [1.54, 1.807) is 25.3 Å². The Morgan fingerprint density at radius 3 is 2.47 bits per heavy atom. The summed E-state index contributed by atoms with van der Waals surface area (Å²) in [6, 6.07) is 5.05. The molecule has 0 aliphatic heterocycles. The molecular weight excluding hydrogens is 224 g/mol. The van der Waals surface area contributed by atoms with Gasteiger partial charge >= 0.3 is 11.1 Å². The Balaban J connectivity index is 2.33. The molecule has 0 fully saturated rings. The van der Waals surface area contributed by atoms with Crippen molar-refractivity contribution < 1.29 is 9.47 Å². The zero-order valence-corrected chi connectivity index (χ0v) is 9.28. The minimum Gasteiger partial charge on any atom is -0.491 e. The van der Waals surface area contributed by atoms with Crippen LogP contribution in [-0.4, -0.2) is 30.3 Å². The van der Waals surface area contributed by atoms with Gasteiger partial charge in [-0.2, -0.15) is 0 Å². The second-order valence-corrected chi connectivity index (χ2v) is 3.46. The molecule has 2 rings (SSSR count). The van der Waals surface area contributed by atoms with E-state index in [0.29, 0.717) is 30.0 Å². The van der Waals surface area contributed by atoms with Crippen LogP contribution >= 0.6 is 0 Å². The van der Waals surface area contributed by atoms with Gasteiger partial charge in [-0.05, 0) is 12.1 Å². The summed E-state index contributed by atoms with van der Waals surface area (Å²) in [6.07, 6.45) is 0. The van der Waals surface area contributed by atoms with Crippen molar-refractivity contribution in [1.82, 2.24) is 9.97 Å². The molecule has 90 valence electrons. The van der Waals surface area contributed by atoms with Gasteiger partial charge in [-0.3, -0.25) is 9.59 Å². The van der Waals surface area contributed by atoms with Gasteiger partial charge in [0.25, 0.3) is 0 Å². The molecule has 0 atom stereocenters. The number of hydrogen-bond acceptors (Lipinski definition) is 4. The molecule has 0 radical (unpaired) electrons. The smallest absolute Gasteiger partial charge is 0.314 e. The van der Waals surface area contributed by atoms with Crippen LogP contribution < -0.4 is 15.9 Å². The maximum Gasteiger partial charge on any atom is 0.314 e. The molecule has 1 aromatic carbocycles. The maximum absolute atomic E-state index is 11.1. The Kier molecular flexibility index (Phi) is 3.24.